The van der Waals surface area contributed by atoms with Gasteiger partial charge in [0.2, 0.25) is 0 Å². The Kier molecular flexibility index (Phi) is 3.17. The van der Waals surface area contributed by atoms with Gasteiger partial charge in [-0.15, -0.1) is 0 Å². The zero-order chi connectivity index (χ0) is 10.8. The lowest BCUT2D eigenvalue weighted by molar-refractivity contribution is 0.251. The largest absolute Gasteiger partial charge is 0.335 e. The molecule has 80 valence electrons. The van der Waals surface area contributed by atoms with Gasteiger partial charge in [-0.3, -0.25) is 0 Å². The van der Waals surface area contributed by atoms with Gasteiger partial charge in [0, 0.05) is 16.2 Å². The number of anilines is 1. The van der Waals surface area contributed by atoms with Crippen LogP contribution in [0.2, 0.25) is 5.02 Å². The zero-order valence-corrected chi connectivity index (χ0v) is 10.2. The zero-order valence-electron chi connectivity index (χ0n) is 7.89. The highest BCUT2D eigenvalue weighted by molar-refractivity contribution is 9.10. The Bertz CT molecular complexity index is 393. The quantitative estimate of drug-likeness (QED) is 0.861. The number of carbonyl (C=O) groups is 1. The lowest BCUT2D eigenvalue weighted by Gasteiger charge is -2.07. The summed E-state index contributed by atoms with van der Waals surface area (Å²) in [7, 11) is 0. The van der Waals surface area contributed by atoms with E-state index in [-0.39, 0.29) is 6.03 Å². The predicted octanol–water partition coefficient (Wildman–Crippen LogP) is 3.39. The van der Waals surface area contributed by atoms with Crippen LogP contribution in [0.4, 0.5) is 10.5 Å². The molecule has 1 aromatic rings. The number of amides is 2. The molecule has 5 heteroatoms. The van der Waals surface area contributed by atoms with Crippen molar-refractivity contribution in [3.63, 3.8) is 0 Å². The van der Waals surface area contributed by atoms with Crippen molar-refractivity contribution in [2.75, 3.05) is 5.32 Å². The summed E-state index contributed by atoms with van der Waals surface area (Å²) in [5.74, 6) is 0. The topological polar surface area (TPSA) is 41.1 Å². The van der Waals surface area contributed by atoms with Crippen molar-refractivity contribution in [2.45, 2.75) is 18.9 Å². The molecule has 0 bridgehead atoms. The molecule has 0 saturated heterocycles. The van der Waals surface area contributed by atoms with Crippen molar-refractivity contribution in [3.05, 3.63) is 27.7 Å². The van der Waals surface area contributed by atoms with Crippen LogP contribution in [-0.2, 0) is 0 Å². The van der Waals surface area contributed by atoms with Crippen molar-refractivity contribution < 1.29 is 4.79 Å². The lowest BCUT2D eigenvalue weighted by atomic mass is 10.3. The van der Waals surface area contributed by atoms with Crippen LogP contribution < -0.4 is 10.6 Å². The van der Waals surface area contributed by atoms with E-state index in [1.165, 1.54) is 0 Å². The molecule has 1 fully saturated rings. The standard InChI is InChI=1S/C10H10BrClN2O/c11-8-5-7(3-4-9(8)12)14-10(15)13-6-1-2-6/h3-6H,1-2H2,(H2,13,14,15). The van der Waals surface area contributed by atoms with E-state index in [2.05, 4.69) is 26.6 Å². The highest BCUT2D eigenvalue weighted by Crippen LogP contribution is 2.25. The van der Waals surface area contributed by atoms with Crippen LogP contribution in [0.1, 0.15) is 12.8 Å². The van der Waals surface area contributed by atoms with Gasteiger partial charge in [-0.25, -0.2) is 4.79 Å². The maximum Gasteiger partial charge on any atom is 0.319 e. The minimum absolute atomic E-state index is 0.160. The van der Waals surface area contributed by atoms with Gasteiger partial charge in [0.1, 0.15) is 0 Å². The van der Waals surface area contributed by atoms with Gasteiger partial charge >= 0.3 is 6.03 Å². The number of rotatable bonds is 2. The van der Waals surface area contributed by atoms with Gasteiger partial charge in [0.05, 0.1) is 5.02 Å². The molecule has 1 saturated carbocycles. The van der Waals surface area contributed by atoms with Crippen molar-refractivity contribution >= 4 is 39.2 Å². The number of halogens is 2. The number of hydrogen-bond donors (Lipinski definition) is 2. The minimum Gasteiger partial charge on any atom is -0.335 e. The summed E-state index contributed by atoms with van der Waals surface area (Å²) >= 11 is 9.13. The second-order valence-corrected chi connectivity index (χ2v) is 4.76. The van der Waals surface area contributed by atoms with Crippen molar-refractivity contribution in [2.24, 2.45) is 0 Å². The summed E-state index contributed by atoms with van der Waals surface area (Å²) in [6.45, 7) is 0. The van der Waals surface area contributed by atoms with Crippen molar-refractivity contribution in [1.82, 2.24) is 5.32 Å². The Balaban J connectivity index is 1.97. The maximum atomic E-state index is 11.4. The fourth-order valence-corrected chi connectivity index (χ4v) is 1.65. The van der Waals surface area contributed by atoms with E-state index in [0.717, 1.165) is 23.0 Å². The summed E-state index contributed by atoms with van der Waals surface area (Å²) in [6, 6.07) is 5.47. The van der Waals surface area contributed by atoms with E-state index in [0.29, 0.717) is 11.1 Å². The fourth-order valence-electron chi connectivity index (χ4n) is 1.15. The van der Waals surface area contributed by atoms with E-state index >= 15 is 0 Å². The highest BCUT2D eigenvalue weighted by atomic mass is 79.9. The lowest BCUT2D eigenvalue weighted by Crippen LogP contribution is -2.30. The Morgan fingerprint density at radius 1 is 1.47 bits per heavy atom. The van der Waals surface area contributed by atoms with Crippen molar-refractivity contribution in [3.8, 4) is 0 Å². The maximum absolute atomic E-state index is 11.4. The van der Waals surface area contributed by atoms with Gasteiger partial charge in [0.15, 0.2) is 0 Å². The molecule has 1 aliphatic carbocycles. The molecule has 0 spiro atoms. The molecule has 1 aromatic carbocycles. The molecule has 3 nitrogen and oxygen atoms in total. The van der Waals surface area contributed by atoms with E-state index in [1.807, 2.05) is 0 Å². The third-order valence-corrected chi connectivity index (χ3v) is 3.30. The van der Waals surface area contributed by atoms with Gasteiger partial charge in [-0.05, 0) is 47.0 Å². The third kappa shape index (κ3) is 3.11. The van der Waals surface area contributed by atoms with Crippen LogP contribution in [0.25, 0.3) is 0 Å². The summed E-state index contributed by atoms with van der Waals surface area (Å²) in [5.41, 5.74) is 0.726. The Morgan fingerprint density at radius 2 is 2.20 bits per heavy atom. The second-order valence-electron chi connectivity index (χ2n) is 3.50. The molecule has 0 unspecified atom stereocenters. The predicted molar refractivity (Wildman–Crippen MR) is 64.3 cm³/mol. The van der Waals surface area contributed by atoms with E-state index in [1.54, 1.807) is 18.2 Å². The van der Waals surface area contributed by atoms with E-state index in [9.17, 15) is 4.79 Å². The number of urea groups is 1. The molecule has 0 atom stereocenters. The SMILES string of the molecule is O=C(Nc1ccc(Cl)c(Br)c1)NC1CC1. The molecule has 0 aromatic heterocycles. The van der Waals surface area contributed by atoms with Gasteiger partial charge in [-0.1, -0.05) is 11.6 Å². The third-order valence-electron chi connectivity index (χ3n) is 2.09. The molecular weight excluding hydrogens is 279 g/mol. The molecule has 15 heavy (non-hydrogen) atoms. The molecule has 2 N–H and O–H groups in total. The number of carbonyl (C=O) groups excluding carboxylic acids is 1. The first kappa shape index (κ1) is 10.8. The average molecular weight is 290 g/mol. The van der Waals surface area contributed by atoms with E-state index in [4.69, 9.17) is 11.6 Å². The molecular formula is C10H10BrClN2O. The molecule has 0 radical (unpaired) electrons. The first-order chi connectivity index (χ1) is 7.15. The molecule has 0 heterocycles. The number of benzene rings is 1. The summed E-state index contributed by atoms with van der Waals surface area (Å²) < 4.78 is 0.772. The summed E-state index contributed by atoms with van der Waals surface area (Å²) in [5, 5.41) is 6.21. The molecule has 2 rings (SSSR count). The summed E-state index contributed by atoms with van der Waals surface area (Å²) in [6.07, 6.45) is 2.16. The normalized spacial score (nSPS) is 14.8. The van der Waals surface area contributed by atoms with Gasteiger partial charge < -0.3 is 10.6 Å². The van der Waals surface area contributed by atoms with Gasteiger partial charge in [0.25, 0.3) is 0 Å². The summed E-state index contributed by atoms with van der Waals surface area (Å²) in [4.78, 5) is 11.4. The molecule has 0 aliphatic heterocycles. The molecule has 1 aliphatic rings. The van der Waals surface area contributed by atoms with Crippen LogP contribution in [0.15, 0.2) is 22.7 Å². The van der Waals surface area contributed by atoms with Crippen LogP contribution in [0, 0.1) is 0 Å². The smallest absolute Gasteiger partial charge is 0.319 e. The molecule has 2 amide bonds. The monoisotopic (exact) mass is 288 g/mol. The van der Waals surface area contributed by atoms with Gasteiger partial charge in [-0.2, -0.15) is 0 Å². The van der Waals surface area contributed by atoms with Crippen molar-refractivity contribution in [1.29, 1.82) is 0 Å². The van der Waals surface area contributed by atoms with Crippen LogP contribution in [0.5, 0.6) is 0 Å². The highest BCUT2D eigenvalue weighted by Gasteiger charge is 2.23. The second kappa shape index (κ2) is 4.41. The Hall–Kier alpha value is -0.740. The number of nitrogens with one attached hydrogen (secondary N) is 2. The first-order valence-corrected chi connectivity index (χ1v) is 5.85. The fraction of sp³-hybridized carbons (Fsp3) is 0.300. The van der Waals surface area contributed by atoms with E-state index < -0.39 is 0 Å². The van der Waals surface area contributed by atoms with Crippen LogP contribution in [0.3, 0.4) is 0 Å². The Labute approximate surface area is 101 Å². The van der Waals surface area contributed by atoms with Crippen LogP contribution >= 0.6 is 27.5 Å². The van der Waals surface area contributed by atoms with Crippen LogP contribution in [-0.4, -0.2) is 12.1 Å². The number of hydrogen-bond acceptors (Lipinski definition) is 1. The Morgan fingerprint density at radius 3 is 2.80 bits per heavy atom. The average Bonchev–Trinajstić information content (AvgIpc) is 2.95. The first-order valence-electron chi connectivity index (χ1n) is 4.68. The minimum atomic E-state index is -0.160.